The number of hydrogen-bond donors (Lipinski definition) is 0. The summed E-state index contributed by atoms with van der Waals surface area (Å²) in [5.74, 6) is 1.43. The molecule has 0 aliphatic rings. The molecule has 5 nitrogen and oxygen atoms in total. The van der Waals surface area contributed by atoms with Crippen molar-refractivity contribution >= 4 is 16.8 Å². The molecule has 0 aliphatic carbocycles. The van der Waals surface area contributed by atoms with E-state index < -0.39 is 0 Å². The average Bonchev–Trinajstić information content (AvgIpc) is 3.54. The Bertz CT molecular complexity index is 1400. The number of aromatic nitrogens is 2. The zero-order chi connectivity index (χ0) is 22.8. The fourth-order valence-corrected chi connectivity index (χ4v) is 4.06. The largest absolute Gasteiger partial charge is 0.463 e. The number of carbonyl (C=O) groups is 1. The van der Waals surface area contributed by atoms with Crippen molar-refractivity contribution < 1.29 is 13.6 Å². The van der Waals surface area contributed by atoms with Gasteiger partial charge in [0.1, 0.15) is 17.2 Å². The van der Waals surface area contributed by atoms with E-state index in [9.17, 15) is 4.79 Å². The fourth-order valence-electron chi connectivity index (χ4n) is 4.06. The van der Waals surface area contributed by atoms with E-state index in [1.54, 1.807) is 12.5 Å². The Morgan fingerprint density at radius 3 is 2.06 bits per heavy atom. The number of benzene rings is 2. The molecule has 164 valence electrons. The zero-order valence-electron chi connectivity index (χ0n) is 18.7. The van der Waals surface area contributed by atoms with Crippen LogP contribution in [0.15, 0.2) is 82.0 Å². The molecule has 0 fully saturated rings. The number of nitrogens with zero attached hydrogens (tertiary/aromatic N) is 2. The highest BCUT2D eigenvalue weighted by Crippen LogP contribution is 2.33. The summed E-state index contributed by atoms with van der Waals surface area (Å²) in [4.78, 5) is 22.7. The molecule has 33 heavy (non-hydrogen) atoms. The molecular formula is C28H24N2O3. The van der Waals surface area contributed by atoms with Gasteiger partial charge in [-0.15, -0.1) is 0 Å². The Balaban J connectivity index is 1.54. The van der Waals surface area contributed by atoms with E-state index in [1.165, 1.54) is 5.56 Å². The third kappa shape index (κ3) is 4.35. The minimum atomic E-state index is 0.173. The minimum absolute atomic E-state index is 0.173. The summed E-state index contributed by atoms with van der Waals surface area (Å²) in [6.45, 7) is 4.13. The van der Waals surface area contributed by atoms with Crippen molar-refractivity contribution in [3.8, 4) is 22.9 Å². The van der Waals surface area contributed by atoms with Gasteiger partial charge >= 0.3 is 0 Å². The summed E-state index contributed by atoms with van der Waals surface area (Å²) < 4.78 is 11.3. The Hall–Kier alpha value is -3.99. The summed E-state index contributed by atoms with van der Waals surface area (Å²) in [6, 6.07) is 19.5. The quantitative estimate of drug-likeness (QED) is 0.296. The fraction of sp³-hybridized carbons (Fsp3) is 0.179. The van der Waals surface area contributed by atoms with E-state index in [4.69, 9.17) is 18.8 Å². The van der Waals surface area contributed by atoms with Gasteiger partial charge in [0.25, 0.3) is 0 Å². The zero-order valence-corrected chi connectivity index (χ0v) is 18.7. The number of aryl methyl sites for hydroxylation is 2. The lowest BCUT2D eigenvalue weighted by atomic mass is 9.98. The summed E-state index contributed by atoms with van der Waals surface area (Å²) >= 11 is 0. The van der Waals surface area contributed by atoms with Gasteiger partial charge in [0.2, 0.25) is 0 Å². The van der Waals surface area contributed by atoms with Crippen LogP contribution in [0.1, 0.15) is 29.2 Å². The van der Waals surface area contributed by atoms with E-state index in [0.717, 1.165) is 34.1 Å². The number of furan rings is 2. The highest BCUT2D eigenvalue weighted by atomic mass is 16.3. The van der Waals surface area contributed by atoms with Crippen LogP contribution in [0, 0.1) is 6.92 Å². The number of Topliss-reactive ketones (excluding diaryl/α,β-unsaturated/α-hetero) is 1. The van der Waals surface area contributed by atoms with Gasteiger partial charge in [-0.2, -0.15) is 0 Å². The third-order valence-corrected chi connectivity index (χ3v) is 5.72. The van der Waals surface area contributed by atoms with Crippen molar-refractivity contribution in [1.29, 1.82) is 0 Å². The van der Waals surface area contributed by atoms with Crippen molar-refractivity contribution in [1.82, 2.24) is 9.97 Å². The summed E-state index contributed by atoms with van der Waals surface area (Å²) in [6.07, 6.45) is 4.79. The predicted octanol–water partition coefficient (Wildman–Crippen LogP) is 6.37. The first-order valence-electron chi connectivity index (χ1n) is 11.1. The molecule has 5 rings (SSSR count). The number of rotatable bonds is 7. The molecule has 3 heterocycles. The molecule has 0 bridgehead atoms. The second-order valence-corrected chi connectivity index (χ2v) is 8.23. The Kier molecular flexibility index (Phi) is 5.61. The maximum atomic E-state index is 12.8. The van der Waals surface area contributed by atoms with Gasteiger partial charge < -0.3 is 8.83 Å². The average molecular weight is 437 g/mol. The van der Waals surface area contributed by atoms with E-state index in [-0.39, 0.29) is 5.78 Å². The maximum absolute atomic E-state index is 12.8. The normalized spacial score (nSPS) is 11.2. The van der Waals surface area contributed by atoms with Crippen molar-refractivity contribution in [3.63, 3.8) is 0 Å². The van der Waals surface area contributed by atoms with Crippen molar-refractivity contribution in [2.75, 3.05) is 0 Å². The molecule has 0 spiro atoms. The molecule has 0 aliphatic heterocycles. The topological polar surface area (TPSA) is 69.1 Å². The molecule has 0 amide bonds. The van der Waals surface area contributed by atoms with Crippen LogP contribution in [0.2, 0.25) is 0 Å². The maximum Gasteiger partial charge on any atom is 0.154 e. The van der Waals surface area contributed by atoms with Gasteiger partial charge in [0.05, 0.1) is 23.6 Å². The molecule has 0 radical (unpaired) electrons. The second-order valence-electron chi connectivity index (χ2n) is 8.23. The molecule has 5 aromatic rings. The molecule has 0 unspecified atom stereocenters. The van der Waals surface area contributed by atoms with E-state index in [1.807, 2.05) is 61.5 Å². The predicted molar refractivity (Wildman–Crippen MR) is 128 cm³/mol. The highest BCUT2D eigenvalue weighted by molar-refractivity contribution is 5.88. The first kappa shape index (κ1) is 20.9. The lowest BCUT2D eigenvalue weighted by molar-refractivity contribution is -0.117. The van der Waals surface area contributed by atoms with Gasteiger partial charge in [-0.25, -0.2) is 9.97 Å². The summed E-state index contributed by atoms with van der Waals surface area (Å²) in [7, 11) is 0. The summed E-state index contributed by atoms with van der Waals surface area (Å²) in [5, 5.41) is 0. The molecule has 0 atom stereocenters. The van der Waals surface area contributed by atoms with Crippen LogP contribution in [0.5, 0.6) is 0 Å². The molecule has 2 aromatic carbocycles. The third-order valence-electron chi connectivity index (χ3n) is 5.72. The smallest absolute Gasteiger partial charge is 0.154 e. The van der Waals surface area contributed by atoms with Crippen LogP contribution >= 0.6 is 0 Å². The van der Waals surface area contributed by atoms with Gasteiger partial charge in [-0.1, -0.05) is 42.8 Å². The van der Waals surface area contributed by atoms with E-state index >= 15 is 0 Å². The highest BCUT2D eigenvalue weighted by Gasteiger charge is 2.19. The van der Waals surface area contributed by atoms with Crippen LogP contribution in [-0.2, 0) is 24.1 Å². The number of fused-ring (bicyclic) bond motifs is 1. The monoisotopic (exact) mass is 436 g/mol. The lowest BCUT2D eigenvalue weighted by Gasteiger charge is -2.11. The SMILES string of the molecule is CCc1cc(CC(=O)Cc2ccc(C)cc2)cc2nc(-c3ccco3)c(-c3ccco3)nc12. The van der Waals surface area contributed by atoms with Crippen LogP contribution in [0.25, 0.3) is 33.9 Å². The summed E-state index contributed by atoms with van der Waals surface area (Å²) in [5.41, 5.74) is 7.04. The van der Waals surface area contributed by atoms with Crippen molar-refractivity contribution in [2.45, 2.75) is 33.1 Å². The molecule has 3 aromatic heterocycles. The standard InChI is InChI=1S/C28H24N2O3/c1-3-21-14-20(16-22(31)15-19-10-8-18(2)9-11-19)17-23-26(21)30-28(25-7-5-13-33-25)27(29-23)24-6-4-12-32-24/h4-14,17H,3,15-16H2,1-2H3. The first-order valence-corrected chi connectivity index (χ1v) is 11.1. The first-order chi connectivity index (χ1) is 16.1. The van der Waals surface area contributed by atoms with Crippen LogP contribution in [-0.4, -0.2) is 15.8 Å². The van der Waals surface area contributed by atoms with Crippen molar-refractivity contribution in [3.05, 3.63) is 95.4 Å². The van der Waals surface area contributed by atoms with Gasteiger partial charge in [-0.3, -0.25) is 4.79 Å². The molecule has 0 saturated carbocycles. The Morgan fingerprint density at radius 1 is 0.818 bits per heavy atom. The number of ketones is 1. The van der Waals surface area contributed by atoms with E-state index in [2.05, 4.69) is 13.0 Å². The van der Waals surface area contributed by atoms with Gasteiger partial charge in [0, 0.05) is 12.8 Å². The Morgan fingerprint density at radius 2 is 1.45 bits per heavy atom. The molecule has 0 N–H and O–H groups in total. The number of carbonyl (C=O) groups excluding carboxylic acids is 1. The molecule has 0 saturated heterocycles. The minimum Gasteiger partial charge on any atom is -0.463 e. The van der Waals surface area contributed by atoms with Crippen LogP contribution < -0.4 is 0 Å². The Labute approximate surface area is 192 Å². The van der Waals surface area contributed by atoms with Crippen LogP contribution in [0.4, 0.5) is 0 Å². The van der Waals surface area contributed by atoms with E-state index in [0.29, 0.717) is 35.7 Å². The number of hydrogen-bond acceptors (Lipinski definition) is 5. The van der Waals surface area contributed by atoms with Gasteiger partial charge in [-0.05, 0) is 60.4 Å². The lowest BCUT2D eigenvalue weighted by Crippen LogP contribution is -2.08. The van der Waals surface area contributed by atoms with Crippen molar-refractivity contribution in [2.24, 2.45) is 0 Å². The molecule has 5 heteroatoms. The second kappa shape index (κ2) is 8.87. The van der Waals surface area contributed by atoms with Crippen LogP contribution in [0.3, 0.4) is 0 Å². The molecular weight excluding hydrogens is 412 g/mol. The van der Waals surface area contributed by atoms with Gasteiger partial charge in [0.15, 0.2) is 11.5 Å².